The second kappa shape index (κ2) is 11.1. The van der Waals surface area contributed by atoms with E-state index >= 15 is 0 Å². The predicted molar refractivity (Wildman–Crippen MR) is 152 cm³/mol. The minimum absolute atomic E-state index is 0.266. The maximum absolute atomic E-state index is 13.5. The second-order valence-corrected chi connectivity index (χ2v) is 9.36. The van der Waals surface area contributed by atoms with Crippen molar-refractivity contribution in [2.75, 3.05) is 13.7 Å². The van der Waals surface area contributed by atoms with Gasteiger partial charge in [-0.15, -0.1) is 0 Å². The molecule has 0 aliphatic carbocycles. The van der Waals surface area contributed by atoms with Crippen LogP contribution in [0, 0.1) is 0 Å². The summed E-state index contributed by atoms with van der Waals surface area (Å²) in [6.45, 7) is 3.78. The van der Waals surface area contributed by atoms with E-state index < -0.39 is 12.1 Å². The number of ether oxygens (including phenoxy) is 3. The number of esters is 1. The zero-order valence-corrected chi connectivity index (χ0v) is 23.0. The Morgan fingerprint density at radius 2 is 1.92 bits per heavy atom. The summed E-state index contributed by atoms with van der Waals surface area (Å²) >= 11 is 3.50. The SMILES string of the molecule is CCOc1cc(C=Nn2c(-c3cc4ccccc4o3)nc3ccccc3c2=O)cc(Br)c1O[C@H](C)C(=O)OC. The molecular weight excluding hydrogens is 566 g/mol. The molecule has 0 radical (unpaired) electrons. The lowest BCUT2D eigenvalue weighted by atomic mass is 10.2. The molecule has 5 rings (SSSR count). The topological polar surface area (TPSA) is 105 Å². The third kappa shape index (κ3) is 5.28. The summed E-state index contributed by atoms with van der Waals surface area (Å²) in [7, 11) is 1.30. The first-order chi connectivity index (χ1) is 18.9. The summed E-state index contributed by atoms with van der Waals surface area (Å²) in [5.41, 5.74) is 1.47. The van der Waals surface area contributed by atoms with E-state index in [1.165, 1.54) is 18.0 Å². The number of furan rings is 1. The van der Waals surface area contributed by atoms with Gasteiger partial charge in [0.05, 0.1) is 35.3 Å². The summed E-state index contributed by atoms with van der Waals surface area (Å²) in [5.74, 6) is 0.899. The average molecular weight is 590 g/mol. The Morgan fingerprint density at radius 3 is 2.69 bits per heavy atom. The zero-order chi connectivity index (χ0) is 27.5. The molecule has 0 aliphatic rings. The van der Waals surface area contributed by atoms with E-state index in [0.717, 1.165) is 5.39 Å². The molecule has 0 saturated heterocycles. The lowest BCUT2D eigenvalue weighted by Gasteiger charge is -2.17. The van der Waals surface area contributed by atoms with Crippen molar-refractivity contribution < 1.29 is 23.4 Å². The number of nitrogens with zero attached hydrogens (tertiary/aromatic N) is 3. The molecule has 0 bridgehead atoms. The van der Waals surface area contributed by atoms with Crippen LogP contribution in [0.5, 0.6) is 11.5 Å². The summed E-state index contributed by atoms with van der Waals surface area (Å²) in [6, 6.07) is 19.9. The number of halogens is 1. The second-order valence-electron chi connectivity index (χ2n) is 8.51. The highest BCUT2D eigenvalue weighted by Gasteiger charge is 2.21. The largest absolute Gasteiger partial charge is 0.490 e. The van der Waals surface area contributed by atoms with E-state index in [1.807, 2.05) is 43.3 Å². The van der Waals surface area contributed by atoms with Gasteiger partial charge < -0.3 is 18.6 Å². The Kier molecular flexibility index (Phi) is 7.47. The van der Waals surface area contributed by atoms with Crippen LogP contribution >= 0.6 is 15.9 Å². The van der Waals surface area contributed by atoms with Gasteiger partial charge >= 0.3 is 5.97 Å². The van der Waals surface area contributed by atoms with Crippen LogP contribution in [0.15, 0.2) is 85.5 Å². The van der Waals surface area contributed by atoms with Crippen LogP contribution in [0.4, 0.5) is 0 Å². The Hall–Kier alpha value is -4.44. The standard InChI is InChI=1S/C29H24BrN3O6/c1-4-37-24-14-18(13-21(30)26(24)38-17(2)29(35)36-3)16-31-33-27(25-15-19-9-5-8-12-23(19)39-25)32-22-11-7-6-10-20(22)28(33)34/h5-17H,4H2,1-3H3/t17-/m1/s1. The molecule has 0 spiro atoms. The quantitative estimate of drug-likeness (QED) is 0.166. The van der Waals surface area contributed by atoms with Crippen LogP contribution < -0.4 is 15.0 Å². The summed E-state index contributed by atoms with van der Waals surface area (Å²) in [5, 5.41) is 5.82. The fourth-order valence-corrected chi connectivity index (χ4v) is 4.59. The highest BCUT2D eigenvalue weighted by Crippen LogP contribution is 2.37. The van der Waals surface area contributed by atoms with Gasteiger partial charge in [-0.25, -0.2) is 9.78 Å². The molecule has 2 aromatic heterocycles. The molecule has 39 heavy (non-hydrogen) atoms. The number of aromatic nitrogens is 2. The van der Waals surface area contributed by atoms with Gasteiger partial charge in [-0.1, -0.05) is 30.3 Å². The van der Waals surface area contributed by atoms with Gasteiger partial charge in [-0.05, 0) is 71.7 Å². The number of carbonyl (C=O) groups is 1. The molecule has 198 valence electrons. The van der Waals surface area contributed by atoms with E-state index in [4.69, 9.17) is 23.6 Å². The average Bonchev–Trinajstić information content (AvgIpc) is 3.38. The number of hydrogen-bond acceptors (Lipinski definition) is 8. The molecular formula is C29H24BrN3O6. The molecule has 0 aliphatic heterocycles. The lowest BCUT2D eigenvalue weighted by Crippen LogP contribution is -2.25. The van der Waals surface area contributed by atoms with Crippen LogP contribution in [0.25, 0.3) is 33.5 Å². The van der Waals surface area contributed by atoms with Crippen molar-refractivity contribution in [1.82, 2.24) is 9.66 Å². The van der Waals surface area contributed by atoms with Gasteiger partial charge in [-0.3, -0.25) is 4.79 Å². The minimum Gasteiger partial charge on any atom is -0.490 e. The van der Waals surface area contributed by atoms with Gasteiger partial charge in [-0.2, -0.15) is 9.78 Å². The summed E-state index contributed by atoms with van der Waals surface area (Å²) in [4.78, 5) is 30.1. The van der Waals surface area contributed by atoms with Crippen molar-refractivity contribution in [3.63, 3.8) is 0 Å². The summed E-state index contributed by atoms with van der Waals surface area (Å²) < 4.78 is 24.1. The fourth-order valence-electron chi connectivity index (χ4n) is 4.04. The molecule has 2 heterocycles. The number of methoxy groups -OCH3 is 1. The number of fused-ring (bicyclic) bond motifs is 2. The van der Waals surface area contributed by atoms with E-state index in [-0.39, 0.29) is 11.4 Å². The van der Waals surface area contributed by atoms with Crippen molar-refractivity contribution in [2.24, 2.45) is 5.10 Å². The number of hydrogen-bond donors (Lipinski definition) is 0. The van der Waals surface area contributed by atoms with Gasteiger partial charge in [0.15, 0.2) is 23.4 Å². The van der Waals surface area contributed by atoms with Crippen molar-refractivity contribution in [1.29, 1.82) is 0 Å². The first-order valence-electron chi connectivity index (χ1n) is 12.2. The Bertz CT molecular complexity index is 1740. The number of carbonyl (C=O) groups excluding carboxylic acids is 1. The molecule has 0 fully saturated rings. The Morgan fingerprint density at radius 1 is 1.15 bits per heavy atom. The van der Waals surface area contributed by atoms with Crippen LogP contribution in [0.3, 0.4) is 0 Å². The van der Waals surface area contributed by atoms with Crippen molar-refractivity contribution in [2.45, 2.75) is 20.0 Å². The van der Waals surface area contributed by atoms with E-state index in [2.05, 4.69) is 21.0 Å². The minimum atomic E-state index is -0.848. The van der Waals surface area contributed by atoms with Gasteiger partial charge in [0.2, 0.25) is 5.82 Å². The molecule has 0 N–H and O–H groups in total. The van der Waals surface area contributed by atoms with Gasteiger partial charge in [0.1, 0.15) is 5.58 Å². The van der Waals surface area contributed by atoms with Crippen molar-refractivity contribution in [3.05, 3.63) is 87.1 Å². The Balaban J connectivity index is 1.61. The third-order valence-corrected chi connectivity index (χ3v) is 6.47. The molecule has 0 saturated carbocycles. The zero-order valence-electron chi connectivity index (χ0n) is 21.4. The number of benzene rings is 3. The van der Waals surface area contributed by atoms with Crippen LogP contribution in [0.1, 0.15) is 19.4 Å². The molecule has 5 aromatic rings. The van der Waals surface area contributed by atoms with E-state index in [9.17, 15) is 9.59 Å². The number of rotatable bonds is 8. The predicted octanol–water partition coefficient (Wildman–Crippen LogP) is 5.79. The first kappa shape index (κ1) is 26.2. The molecule has 3 aromatic carbocycles. The smallest absolute Gasteiger partial charge is 0.346 e. The highest BCUT2D eigenvalue weighted by molar-refractivity contribution is 9.10. The van der Waals surface area contributed by atoms with Crippen LogP contribution in [0.2, 0.25) is 0 Å². The van der Waals surface area contributed by atoms with Crippen molar-refractivity contribution >= 4 is 50.0 Å². The maximum Gasteiger partial charge on any atom is 0.346 e. The first-order valence-corrected chi connectivity index (χ1v) is 12.9. The third-order valence-electron chi connectivity index (χ3n) is 5.88. The Labute approximate surface area is 231 Å². The maximum atomic E-state index is 13.5. The summed E-state index contributed by atoms with van der Waals surface area (Å²) in [6.07, 6.45) is 0.670. The number of para-hydroxylation sites is 2. The molecule has 0 amide bonds. The van der Waals surface area contributed by atoms with E-state index in [1.54, 1.807) is 37.3 Å². The van der Waals surface area contributed by atoms with Crippen molar-refractivity contribution in [3.8, 4) is 23.1 Å². The monoisotopic (exact) mass is 589 g/mol. The van der Waals surface area contributed by atoms with E-state index in [0.29, 0.717) is 50.4 Å². The van der Waals surface area contributed by atoms with Gasteiger partial charge in [0.25, 0.3) is 5.56 Å². The highest BCUT2D eigenvalue weighted by atomic mass is 79.9. The lowest BCUT2D eigenvalue weighted by molar-refractivity contribution is -0.147. The van der Waals surface area contributed by atoms with Crippen LogP contribution in [-0.4, -0.2) is 41.7 Å². The molecule has 10 heteroatoms. The molecule has 0 unspecified atom stereocenters. The normalized spacial score (nSPS) is 12.2. The molecule has 1 atom stereocenters. The fraction of sp³-hybridized carbons (Fsp3) is 0.172. The molecule has 9 nitrogen and oxygen atoms in total. The van der Waals surface area contributed by atoms with Gasteiger partial charge in [0, 0.05) is 5.39 Å². The van der Waals surface area contributed by atoms with Crippen LogP contribution in [-0.2, 0) is 9.53 Å².